The van der Waals surface area contributed by atoms with Gasteiger partial charge in [0, 0.05) is 30.6 Å². The molecule has 2 rings (SSSR count). The van der Waals surface area contributed by atoms with Crippen molar-refractivity contribution in [1.82, 2.24) is 10.2 Å². The van der Waals surface area contributed by atoms with E-state index in [1.165, 1.54) is 25.6 Å². The SMILES string of the molecule is CCCNC(CCCS(C)(=O)=O)C1CN2CCCC2CO1. The number of nitrogens with zero attached hydrogens (tertiary/aromatic N) is 1. The molecule has 0 aromatic rings. The van der Waals surface area contributed by atoms with E-state index in [4.69, 9.17) is 4.74 Å². The Hall–Kier alpha value is -0.170. The van der Waals surface area contributed by atoms with E-state index < -0.39 is 9.84 Å². The van der Waals surface area contributed by atoms with Gasteiger partial charge in [-0.05, 0) is 45.2 Å². The van der Waals surface area contributed by atoms with Crippen molar-refractivity contribution in [2.45, 2.75) is 57.2 Å². The van der Waals surface area contributed by atoms with E-state index in [1.54, 1.807) is 0 Å². The van der Waals surface area contributed by atoms with E-state index in [9.17, 15) is 8.42 Å². The summed E-state index contributed by atoms with van der Waals surface area (Å²) in [5, 5.41) is 3.56. The number of fused-ring (bicyclic) bond motifs is 1. The van der Waals surface area contributed by atoms with Gasteiger partial charge in [0.05, 0.1) is 12.7 Å². The summed E-state index contributed by atoms with van der Waals surface area (Å²) in [5.74, 6) is 0.274. The maximum Gasteiger partial charge on any atom is 0.147 e. The van der Waals surface area contributed by atoms with E-state index in [0.717, 1.165) is 32.5 Å². The minimum Gasteiger partial charge on any atom is -0.374 e. The van der Waals surface area contributed by atoms with Crippen LogP contribution in [0.4, 0.5) is 0 Å². The van der Waals surface area contributed by atoms with E-state index in [1.807, 2.05) is 0 Å². The summed E-state index contributed by atoms with van der Waals surface area (Å²) in [7, 11) is -2.86. The van der Waals surface area contributed by atoms with Crippen molar-refractivity contribution >= 4 is 9.84 Å². The first-order valence-corrected chi connectivity index (χ1v) is 10.3. The number of nitrogens with one attached hydrogen (secondary N) is 1. The number of sulfone groups is 1. The summed E-state index contributed by atoms with van der Waals surface area (Å²) in [6.07, 6.45) is 6.72. The second kappa shape index (κ2) is 7.90. The molecule has 2 heterocycles. The Morgan fingerprint density at radius 2 is 2.24 bits per heavy atom. The largest absolute Gasteiger partial charge is 0.374 e. The monoisotopic (exact) mass is 318 g/mol. The Kier molecular flexibility index (Phi) is 6.47. The normalized spacial score (nSPS) is 28.5. The van der Waals surface area contributed by atoms with Gasteiger partial charge in [-0.15, -0.1) is 0 Å². The second-order valence-corrected chi connectivity index (χ2v) is 8.76. The standard InChI is InChI=1S/C15H30N2O3S/c1-3-8-16-14(7-5-10-21(2,18)19)15-11-17-9-4-6-13(17)12-20-15/h13-16H,3-12H2,1-2H3. The molecule has 21 heavy (non-hydrogen) atoms. The zero-order valence-electron chi connectivity index (χ0n) is 13.4. The van der Waals surface area contributed by atoms with Gasteiger partial charge in [0.15, 0.2) is 0 Å². The third-order valence-electron chi connectivity index (χ3n) is 4.55. The van der Waals surface area contributed by atoms with Crippen molar-refractivity contribution < 1.29 is 13.2 Å². The van der Waals surface area contributed by atoms with Crippen molar-refractivity contribution in [2.75, 3.05) is 38.2 Å². The molecule has 0 aromatic heterocycles. The number of ether oxygens (including phenoxy) is 1. The lowest BCUT2D eigenvalue weighted by molar-refractivity contribution is -0.0656. The maximum atomic E-state index is 11.3. The molecule has 1 N–H and O–H groups in total. The highest BCUT2D eigenvalue weighted by Gasteiger charge is 2.35. The van der Waals surface area contributed by atoms with Gasteiger partial charge in [-0.1, -0.05) is 6.92 Å². The smallest absolute Gasteiger partial charge is 0.147 e. The Balaban J connectivity index is 1.85. The van der Waals surface area contributed by atoms with Crippen molar-refractivity contribution in [3.63, 3.8) is 0 Å². The predicted molar refractivity (Wildman–Crippen MR) is 85.4 cm³/mol. The number of hydrogen-bond acceptors (Lipinski definition) is 5. The quantitative estimate of drug-likeness (QED) is 0.725. The van der Waals surface area contributed by atoms with Crippen LogP contribution in [0.5, 0.6) is 0 Å². The maximum absolute atomic E-state index is 11.3. The van der Waals surface area contributed by atoms with Gasteiger partial charge >= 0.3 is 0 Å². The molecule has 2 saturated heterocycles. The molecule has 2 aliphatic heterocycles. The first-order chi connectivity index (χ1) is 9.99. The number of hydrogen-bond donors (Lipinski definition) is 1. The molecule has 0 saturated carbocycles. The van der Waals surface area contributed by atoms with Gasteiger partial charge in [-0.2, -0.15) is 0 Å². The molecule has 0 spiro atoms. The summed E-state index contributed by atoms with van der Waals surface area (Å²) in [4.78, 5) is 2.55. The van der Waals surface area contributed by atoms with Crippen LogP contribution in [0.15, 0.2) is 0 Å². The van der Waals surface area contributed by atoms with Crippen LogP contribution in [-0.4, -0.2) is 69.8 Å². The molecular formula is C15H30N2O3S. The second-order valence-electron chi connectivity index (χ2n) is 6.50. The summed E-state index contributed by atoms with van der Waals surface area (Å²) >= 11 is 0. The molecule has 0 radical (unpaired) electrons. The number of rotatable bonds is 8. The fourth-order valence-electron chi connectivity index (χ4n) is 3.40. The minimum atomic E-state index is -2.86. The highest BCUT2D eigenvalue weighted by Crippen LogP contribution is 2.24. The van der Waals surface area contributed by atoms with Crippen molar-refractivity contribution in [3.05, 3.63) is 0 Å². The van der Waals surface area contributed by atoms with Gasteiger partial charge < -0.3 is 10.1 Å². The molecule has 6 heteroatoms. The Morgan fingerprint density at radius 3 is 2.95 bits per heavy atom. The Morgan fingerprint density at radius 1 is 1.43 bits per heavy atom. The summed E-state index contributed by atoms with van der Waals surface area (Å²) in [6.45, 7) is 6.13. The van der Waals surface area contributed by atoms with Crippen LogP contribution in [0, 0.1) is 0 Å². The third-order valence-corrected chi connectivity index (χ3v) is 5.58. The summed E-state index contributed by atoms with van der Waals surface area (Å²) < 4.78 is 28.7. The molecule has 2 fully saturated rings. The molecule has 0 aromatic carbocycles. The van der Waals surface area contributed by atoms with Gasteiger partial charge in [0.1, 0.15) is 9.84 Å². The molecular weight excluding hydrogens is 288 g/mol. The Bertz CT molecular complexity index is 413. The van der Waals surface area contributed by atoms with Crippen LogP contribution >= 0.6 is 0 Å². The van der Waals surface area contributed by atoms with Crippen LogP contribution in [0.2, 0.25) is 0 Å². The van der Waals surface area contributed by atoms with E-state index in [2.05, 4.69) is 17.1 Å². The third kappa shape index (κ3) is 5.51. The predicted octanol–water partition coefficient (Wildman–Crippen LogP) is 1.04. The molecule has 3 atom stereocenters. The Labute approximate surface area is 129 Å². The van der Waals surface area contributed by atoms with E-state index >= 15 is 0 Å². The van der Waals surface area contributed by atoms with Crippen LogP contribution in [0.25, 0.3) is 0 Å². The fraction of sp³-hybridized carbons (Fsp3) is 1.00. The lowest BCUT2D eigenvalue weighted by atomic mass is 10.0. The molecule has 3 unspecified atom stereocenters. The topological polar surface area (TPSA) is 58.6 Å². The molecule has 124 valence electrons. The molecule has 0 aliphatic carbocycles. The van der Waals surface area contributed by atoms with E-state index in [-0.39, 0.29) is 17.9 Å². The number of morpholine rings is 1. The highest BCUT2D eigenvalue weighted by atomic mass is 32.2. The average molecular weight is 318 g/mol. The van der Waals surface area contributed by atoms with Gasteiger partial charge in [-0.3, -0.25) is 4.90 Å². The van der Waals surface area contributed by atoms with Gasteiger partial charge in [-0.25, -0.2) is 8.42 Å². The van der Waals surface area contributed by atoms with Crippen molar-refractivity contribution in [3.8, 4) is 0 Å². The van der Waals surface area contributed by atoms with Crippen LogP contribution in [0.1, 0.15) is 39.0 Å². The summed E-state index contributed by atoms with van der Waals surface area (Å²) in [5.41, 5.74) is 0. The van der Waals surface area contributed by atoms with Crippen LogP contribution in [0.3, 0.4) is 0 Å². The lowest BCUT2D eigenvalue weighted by Crippen LogP contribution is -2.54. The first kappa shape index (κ1) is 17.2. The molecule has 5 nitrogen and oxygen atoms in total. The highest BCUT2D eigenvalue weighted by molar-refractivity contribution is 7.90. The van der Waals surface area contributed by atoms with E-state index in [0.29, 0.717) is 12.5 Å². The average Bonchev–Trinajstić information content (AvgIpc) is 2.88. The molecule has 0 bridgehead atoms. The van der Waals surface area contributed by atoms with Crippen LogP contribution in [-0.2, 0) is 14.6 Å². The fourth-order valence-corrected chi connectivity index (χ4v) is 4.09. The van der Waals surface area contributed by atoms with Crippen molar-refractivity contribution in [1.29, 1.82) is 0 Å². The first-order valence-electron chi connectivity index (χ1n) is 8.26. The van der Waals surface area contributed by atoms with Crippen molar-refractivity contribution in [2.24, 2.45) is 0 Å². The zero-order chi connectivity index (χ0) is 15.3. The van der Waals surface area contributed by atoms with Crippen LogP contribution < -0.4 is 5.32 Å². The zero-order valence-corrected chi connectivity index (χ0v) is 14.2. The van der Waals surface area contributed by atoms with Gasteiger partial charge in [0.25, 0.3) is 0 Å². The van der Waals surface area contributed by atoms with Gasteiger partial charge in [0.2, 0.25) is 0 Å². The molecule has 2 aliphatic rings. The lowest BCUT2D eigenvalue weighted by Gasteiger charge is -2.39. The minimum absolute atomic E-state index is 0.200. The molecule has 0 amide bonds. The summed E-state index contributed by atoms with van der Waals surface area (Å²) in [6, 6.07) is 0.886.